The summed E-state index contributed by atoms with van der Waals surface area (Å²) in [4.78, 5) is 28.6. The van der Waals surface area contributed by atoms with E-state index in [2.05, 4.69) is 32.1 Å². The largest absolute Gasteiger partial charge is 0.467 e. The van der Waals surface area contributed by atoms with Crippen LogP contribution in [0.3, 0.4) is 0 Å². The molecule has 6 rings (SSSR count). The minimum atomic E-state index is -0.268. The Morgan fingerprint density at radius 2 is 1.83 bits per heavy atom. The first-order chi connectivity index (χ1) is 19.7. The van der Waals surface area contributed by atoms with Crippen LogP contribution in [0.15, 0.2) is 0 Å². The van der Waals surface area contributed by atoms with Crippen molar-refractivity contribution in [2.75, 3.05) is 56.4 Å². The standard InChI is InChI=1S/C27H29ClN10O2S/c1-35(2)25(39)21-20(28)17-12-36(8-5-9-38(17)34-21)23-16(11-30)24(33-26(32-23)40-3)37-13-27(14-37)7-4-6-18-19(27)15(10-29)22(31)41-18/h4-9,12-14,31H2,1-3H3. The molecule has 0 saturated carbocycles. The number of carbonyl (C=O) groups is 1. The first-order valence-electron chi connectivity index (χ1n) is 13.4. The van der Waals surface area contributed by atoms with Gasteiger partial charge in [-0.2, -0.15) is 25.6 Å². The van der Waals surface area contributed by atoms with Gasteiger partial charge in [0.05, 0.1) is 29.9 Å². The molecule has 3 aliphatic rings. The number of nitrogens with two attached hydrogens (primary N) is 1. The Morgan fingerprint density at radius 1 is 1.12 bits per heavy atom. The van der Waals surface area contributed by atoms with E-state index < -0.39 is 0 Å². The number of anilines is 3. The number of nitriles is 2. The zero-order valence-electron chi connectivity index (χ0n) is 23.1. The molecule has 2 aliphatic heterocycles. The molecule has 0 unspecified atom stereocenters. The Hall–Kier alpha value is -4.07. The van der Waals surface area contributed by atoms with E-state index in [0.29, 0.717) is 77.6 Å². The lowest BCUT2D eigenvalue weighted by Gasteiger charge is -2.53. The van der Waals surface area contributed by atoms with Gasteiger partial charge in [0.25, 0.3) is 5.91 Å². The molecule has 41 heavy (non-hydrogen) atoms. The maximum absolute atomic E-state index is 12.7. The first kappa shape index (κ1) is 27.1. The highest BCUT2D eigenvalue weighted by molar-refractivity contribution is 7.16. The number of thiophene rings is 1. The monoisotopic (exact) mass is 592 g/mol. The van der Waals surface area contributed by atoms with Crippen LogP contribution in [0.1, 0.15) is 57.0 Å². The van der Waals surface area contributed by atoms with Crippen molar-refractivity contribution in [3.63, 3.8) is 0 Å². The Balaban J connectivity index is 1.36. The molecule has 3 aromatic heterocycles. The fourth-order valence-corrected chi connectivity index (χ4v) is 7.74. The molecule has 5 heterocycles. The third-order valence-electron chi connectivity index (χ3n) is 8.18. The van der Waals surface area contributed by atoms with E-state index in [1.54, 1.807) is 18.8 Å². The number of methoxy groups -OCH3 is 1. The Kier molecular flexibility index (Phi) is 6.67. The van der Waals surface area contributed by atoms with Gasteiger partial charge in [-0.25, -0.2) is 0 Å². The molecule has 0 radical (unpaired) electrons. The fraction of sp³-hybridized carbons (Fsp3) is 0.481. The molecule has 212 valence electrons. The number of aryl methyl sites for hydroxylation is 2. The normalized spacial score (nSPS) is 17.1. The summed E-state index contributed by atoms with van der Waals surface area (Å²) in [6.45, 7) is 2.72. The summed E-state index contributed by atoms with van der Waals surface area (Å²) in [6.07, 6.45) is 3.61. The van der Waals surface area contributed by atoms with Crippen molar-refractivity contribution < 1.29 is 9.53 Å². The van der Waals surface area contributed by atoms with E-state index in [9.17, 15) is 15.3 Å². The Bertz CT molecular complexity index is 1640. The van der Waals surface area contributed by atoms with Crippen LogP contribution in [0.5, 0.6) is 6.01 Å². The minimum absolute atomic E-state index is 0.157. The van der Waals surface area contributed by atoms with Gasteiger partial charge in [-0.15, -0.1) is 11.3 Å². The lowest BCUT2D eigenvalue weighted by Crippen LogP contribution is -2.61. The first-order valence-corrected chi connectivity index (χ1v) is 14.5. The molecule has 1 saturated heterocycles. The molecule has 14 heteroatoms. The molecule has 1 spiro atoms. The molecule has 1 fully saturated rings. The summed E-state index contributed by atoms with van der Waals surface area (Å²) in [6, 6.07) is 4.83. The van der Waals surface area contributed by atoms with Gasteiger partial charge in [0, 0.05) is 50.6 Å². The third kappa shape index (κ3) is 4.23. The van der Waals surface area contributed by atoms with Gasteiger partial charge in [0.15, 0.2) is 17.3 Å². The van der Waals surface area contributed by atoms with E-state index >= 15 is 0 Å². The second-order valence-electron chi connectivity index (χ2n) is 10.9. The van der Waals surface area contributed by atoms with Crippen molar-refractivity contribution in [2.45, 2.75) is 44.2 Å². The van der Waals surface area contributed by atoms with Gasteiger partial charge < -0.3 is 25.2 Å². The fourth-order valence-electron chi connectivity index (χ4n) is 6.29. The van der Waals surface area contributed by atoms with Gasteiger partial charge in [-0.05, 0) is 31.2 Å². The second-order valence-corrected chi connectivity index (χ2v) is 12.4. The van der Waals surface area contributed by atoms with Crippen LogP contribution in [0.25, 0.3) is 0 Å². The molecular formula is C27H29ClN10O2S. The van der Waals surface area contributed by atoms with Gasteiger partial charge in [-0.3, -0.25) is 9.48 Å². The Morgan fingerprint density at radius 3 is 2.49 bits per heavy atom. The number of aromatic nitrogens is 4. The summed E-state index contributed by atoms with van der Waals surface area (Å²) in [5.74, 6) is 0.680. The van der Waals surface area contributed by atoms with E-state index in [-0.39, 0.29) is 23.0 Å². The molecule has 2 N–H and O–H groups in total. The topological polar surface area (TPSA) is 153 Å². The van der Waals surface area contributed by atoms with Crippen molar-refractivity contribution in [1.29, 1.82) is 10.5 Å². The van der Waals surface area contributed by atoms with Crippen LogP contribution in [0.2, 0.25) is 5.02 Å². The van der Waals surface area contributed by atoms with Crippen LogP contribution in [0, 0.1) is 22.7 Å². The van der Waals surface area contributed by atoms with Crippen LogP contribution >= 0.6 is 22.9 Å². The predicted molar refractivity (Wildman–Crippen MR) is 154 cm³/mol. The summed E-state index contributed by atoms with van der Waals surface area (Å²) in [5, 5.41) is 25.6. The smallest absolute Gasteiger partial charge is 0.320 e. The number of hydrogen-bond donors (Lipinski definition) is 1. The molecule has 0 aromatic carbocycles. The van der Waals surface area contributed by atoms with Gasteiger partial charge >= 0.3 is 6.01 Å². The molecule has 0 bridgehead atoms. The van der Waals surface area contributed by atoms with Gasteiger partial charge in [-0.1, -0.05) is 11.6 Å². The lowest BCUT2D eigenvalue weighted by molar-refractivity contribution is 0.0821. The quantitative estimate of drug-likeness (QED) is 0.478. The van der Waals surface area contributed by atoms with Gasteiger partial charge in [0.1, 0.15) is 22.7 Å². The number of fused-ring (bicyclic) bond motifs is 3. The van der Waals surface area contributed by atoms with E-state index in [1.807, 2.05) is 4.90 Å². The highest BCUT2D eigenvalue weighted by Gasteiger charge is 2.50. The highest BCUT2D eigenvalue weighted by atomic mass is 35.5. The summed E-state index contributed by atoms with van der Waals surface area (Å²) < 4.78 is 7.25. The zero-order chi connectivity index (χ0) is 29.1. The number of hydrogen-bond acceptors (Lipinski definition) is 11. The molecule has 12 nitrogen and oxygen atoms in total. The van der Waals surface area contributed by atoms with E-state index in [0.717, 1.165) is 24.8 Å². The lowest BCUT2D eigenvalue weighted by atomic mass is 9.66. The molecule has 1 aliphatic carbocycles. The SMILES string of the molecule is COc1nc(N2CCCn3nc(C(=O)N(C)C)c(Cl)c3C2)c(C#N)c(N2CC3(CCCc4sc(N)c(C#N)c43)C2)n1. The number of ether oxygens (including phenoxy) is 1. The summed E-state index contributed by atoms with van der Waals surface area (Å²) in [5.41, 5.74) is 8.92. The number of amides is 1. The average molecular weight is 593 g/mol. The van der Waals surface area contributed by atoms with Crippen LogP contribution in [-0.4, -0.2) is 71.4 Å². The van der Waals surface area contributed by atoms with Gasteiger partial charge in [0.2, 0.25) is 0 Å². The van der Waals surface area contributed by atoms with Crippen molar-refractivity contribution in [3.05, 3.63) is 38.0 Å². The van der Waals surface area contributed by atoms with Crippen LogP contribution in [-0.2, 0) is 24.9 Å². The molecule has 0 atom stereocenters. The third-order valence-corrected chi connectivity index (χ3v) is 9.66. The van der Waals surface area contributed by atoms with E-state index in [1.165, 1.54) is 28.2 Å². The number of carbonyl (C=O) groups excluding carboxylic acids is 1. The number of halogens is 1. The van der Waals surface area contributed by atoms with Crippen LogP contribution in [0.4, 0.5) is 16.6 Å². The van der Waals surface area contributed by atoms with Crippen molar-refractivity contribution in [3.8, 4) is 18.1 Å². The summed E-state index contributed by atoms with van der Waals surface area (Å²) in [7, 11) is 4.82. The Labute approximate surface area is 246 Å². The number of nitrogen functional groups attached to an aromatic ring is 1. The second kappa shape index (κ2) is 10.1. The van der Waals surface area contributed by atoms with Crippen molar-refractivity contribution in [2.24, 2.45) is 0 Å². The highest BCUT2D eigenvalue weighted by Crippen LogP contribution is 2.51. The van der Waals surface area contributed by atoms with E-state index in [4.69, 9.17) is 22.1 Å². The minimum Gasteiger partial charge on any atom is -0.467 e. The summed E-state index contributed by atoms with van der Waals surface area (Å²) >= 11 is 8.20. The molecule has 1 amide bonds. The maximum atomic E-state index is 12.7. The predicted octanol–water partition coefficient (Wildman–Crippen LogP) is 2.93. The maximum Gasteiger partial charge on any atom is 0.320 e. The zero-order valence-corrected chi connectivity index (χ0v) is 24.6. The number of nitrogens with zero attached hydrogens (tertiary/aromatic N) is 9. The average Bonchev–Trinajstić information content (AvgIpc) is 3.34. The number of rotatable bonds is 4. The molecular weight excluding hydrogens is 564 g/mol. The van der Waals surface area contributed by atoms with Crippen LogP contribution < -0.4 is 20.3 Å². The molecule has 3 aromatic rings. The van der Waals surface area contributed by atoms with Crippen molar-refractivity contribution in [1.82, 2.24) is 24.6 Å². The van der Waals surface area contributed by atoms with Crippen molar-refractivity contribution >= 4 is 45.5 Å².